The molecule has 5 heteroatoms. The molecule has 0 spiro atoms. The number of halogens is 2. The van der Waals surface area contributed by atoms with Crippen LogP contribution in [0.2, 0.25) is 10.0 Å². The number of hydrogen-bond donors (Lipinski definition) is 1. The molecule has 1 fully saturated rings. The summed E-state index contributed by atoms with van der Waals surface area (Å²) in [6.45, 7) is 1.67. The molecular weight excluding hydrogens is 309 g/mol. The Kier molecular flexibility index (Phi) is 6.09. The Bertz CT molecular complexity index is 529. The highest BCUT2D eigenvalue weighted by molar-refractivity contribution is 6.42. The van der Waals surface area contributed by atoms with E-state index >= 15 is 0 Å². The summed E-state index contributed by atoms with van der Waals surface area (Å²) >= 11 is 12.0. The Balaban J connectivity index is 2.00. The Hall–Kier alpha value is -1.03. The van der Waals surface area contributed by atoms with Gasteiger partial charge in [-0.05, 0) is 42.9 Å². The molecule has 0 aliphatic carbocycles. The number of aliphatic hydroxyl groups excluding tert-OH is 1. The molecule has 114 valence electrons. The van der Waals surface area contributed by atoms with Crippen LogP contribution in [0, 0.1) is 5.92 Å². The summed E-state index contributed by atoms with van der Waals surface area (Å²) in [5.74, 6) is 0.379. The van der Waals surface area contributed by atoms with Gasteiger partial charge in [0.25, 0.3) is 0 Å². The van der Waals surface area contributed by atoms with Gasteiger partial charge in [-0.1, -0.05) is 35.3 Å². The third kappa shape index (κ3) is 4.47. The Morgan fingerprint density at radius 1 is 1.43 bits per heavy atom. The van der Waals surface area contributed by atoms with Gasteiger partial charge in [0.15, 0.2) is 0 Å². The van der Waals surface area contributed by atoms with E-state index in [0.717, 1.165) is 31.4 Å². The number of carbonyl (C=O) groups is 1. The van der Waals surface area contributed by atoms with Crippen LogP contribution in [0.25, 0.3) is 6.08 Å². The predicted octanol–water partition coefficient (Wildman–Crippen LogP) is 3.63. The van der Waals surface area contributed by atoms with Crippen LogP contribution in [0.5, 0.6) is 0 Å². The summed E-state index contributed by atoms with van der Waals surface area (Å²) in [6.07, 6.45) is 6.06. The van der Waals surface area contributed by atoms with Crippen molar-refractivity contribution in [2.24, 2.45) is 5.92 Å². The fraction of sp³-hybridized carbons (Fsp3) is 0.438. The van der Waals surface area contributed by atoms with Crippen LogP contribution in [-0.2, 0) is 4.79 Å². The highest BCUT2D eigenvalue weighted by Gasteiger charge is 2.21. The zero-order valence-electron chi connectivity index (χ0n) is 11.8. The maximum atomic E-state index is 12.2. The van der Waals surface area contributed by atoms with Crippen molar-refractivity contribution in [1.82, 2.24) is 4.90 Å². The van der Waals surface area contributed by atoms with Crippen molar-refractivity contribution in [3.05, 3.63) is 39.9 Å². The molecule has 1 atom stereocenters. The fourth-order valence-corrected chi connectivity index (χ4v) is 2.97. The first-order valence-corrected chi connectivity index (χ1v) is 7.89. The largest absolute Gasteiger partial charge is 0.396 e. The van der Waals surface area contributed by atoms with Crippen molar-refractivity contribution in [3.63, 3.8) is 0 Å². The minimum absolute atomic E-state index is 0.0197. The SMILES string of the molecule is O=C(C=Cc1cccc(Cl)c1Cl)N1CCCC(CCO)C1. The lowest BCUT2D eigenvalue weighted by atomic mass is 9.95. The second kappa shape index (κ2) is 7.83. The molecule has 1 aromatic rings. The van der Waals surface area contributed by atoms with Gasteiger partial charge in [-0.2, -0.15) is 0 Å². The first-order chi connectivity index (χ1) is 10.1. The van der Waals surface area contributed by atoms with Gasteiger partial charge in [-0.25, -0.2) is 0 Å². The summed E-state index contributed by atoms with van der Waals surface area (Å²) < 4.78 is 0. The summed E-state index contributed by atoms with van der Waals surface area (Å²) in [5, 5.41) is 9.94. The second-order valence-corrected chi connectivity index (χ2v) is 6.07. The number of benzene rings is 1. The van der Waals surface area contributed by atoms with Crippen LogP contribution in [-0.4, -0.2) is 35.6 Å². The molecule has 1 aromatic carbocycles. The average Bonchev–Trinajstić information content (AvgIpc) is 2.49. The van der Waals surface area contributed by atoms with Crippen molar-refractivity contribution in [3.8, 4) is 0 Å². The Morgan fingerprint density at radius 3 is 3.00 bits per heavy atom. The van der Waals surface area contributed by atoms with Crippen LogP contribution in [0.3, 0.4) is 0 Å². The average molecular weight is 328 g/mol. The van der Waals surface area contributed by atoms with E-state index in [-0.39, 0.29) is 12.5 Å². The molecule has 0 radical (unpaired) electrons. The highest BCUT2D eigenvalue weighted by atomic mass is 35.5. The van der Waals surface area contributed by atoms with Gasteiger partial charge < -0.3 is 10.0 Å². The van der Waals surface area contributed by atoms with Crippen molar-refractivity contribution in [1.29, 1.82) is 0 Å². The van der Waals surface area contributed by atoms with Gasteiger partial charge in [0.05, 0.1) is 10.0 Å². The van der Waals surface area contributed by atoms with E-state index in [1.165, 1.54) is 0 Å². The molecular formula is C16H19Cl2NO2. The van der Waals surface area contributed by atoms with E-state index in [1.807, 2.05) is 11.0 Å². The van der Waals surface area contributed by atoms with Crippen LogP contribution in [0.1, 0.15) is 24.8 Å². The highest BCUT2D eigenvalue weighted by Crippen LogP contribution is 2.26. The third-order valence-electron chi connectivity index (χ3n) is 3.75. The molecule has 1 saturated heterocycles. The van der Waals surface area contributed by atoms with Gasteiger partial charge in [-0.15, -0.1) is 0 Å². The summed E-state index contributed by atoms with van der Waals surface area (Å²) in [4.78, 5) is 14.1. The van der Waals surface area contributed by atoms with E-state index in [4.69, 9.17) is 28.3 Å². The van der Waals surface area contributed by atoms with Gasteiger partial charge in [0.1, 0.15) is 0 Å². The molecule has 0 saturated carbocycles. The normalized spacial score (nSPS) is 19.2. The van der Waals surface area contributed by atoms with Gasteiger partial charge in [-0.3, -0.25) is 4.79 Å². The topological polar surface area (TPSA) is 40.5 Å². The molecule has 1 amide bonds. The van der Waals surface area contributed by atoms with Crippen LogP contribution >= 0.6 is 23.2 Å². The lowest BCUT2D eigenvalue weighted by molar-refractivity contribution is -0.127. The molecule has 0 bridgehead atoms. The number of hydrogen-bond acceptors (Lipinski definition) is 2. The van der Waals surface area contributed by atoms with E-state index in [2.05, 4.69) is 0 Å². The molecule has 0 aromatic heterocycles. The zero-order valence-corrected chi connectivity index (χ0v) is 13.3. The number of amides is 1. The third-order valence-corrected chi connectivity index (χ3v) is 4.59. The standard InChI is InChI=1S/C16H19Cl2NO2/c17-14-5-1-4-13(16(14)18)6-7-15(21)19-9-2-3-12(11-19)8-10-20/h1,4-7,12,20H,2-3,8-11H2. The minimum atomic E-state index is -0.0197. The number of nitrogens with zero attached hydrogens (tertiary/aromatic N) is 1. The maximum Gasteiger partial charge on any atom is 0.246 e. The monoisotopic (exact) mass is 327 g/mol. The van der Waals surface area contributed by atoms with Gasteiger partial charge >= 0.3 is 0 Å². The molecule has 1 N–H and O–H groups in total. The quantitative estimate of drug-likeness (QED) is 0.858. The minimum Gasteiger partial charge on any atom is -0.396 e. The van der Waals surface area contributed by atoms with Crippen LogP contribution in [0.15, 0.2) is 24.3 Å². The molecule has 3 nitrogen and oxygen atoms in total. The van der Waals surface area contributed by atoms with Crippen molar-refractivity contribution in [2.45, 2.75) is 19.3 Å². The fourth-order valence-electron chi connectivity index (χ4n) is 2.60. The van der Waals surface area contributed by atoms with Crippen LogP contribution in [0.4, 0.5) is 0 Å². The van der Waals surface area contributed by atoms with Crippen molar-refractivity contribution in [2.75, 3.05) is 19.7 Å². The molecule has 1 heterocycles. The van der Waals surface area contributed by atoms with Crippen molar-refractivity contribution >= 4 is 35.2 Å². The second-order valence-electron chi connectivity index (χ2n) is 5.28. The zero-order chi connectivity index (χ0) is 15.2. The van der Waals surface area contributed by atoms with Crippen molar-refractivity contribution < 1.29 is 9.90 Å². The lowest BCUT2D eigenvalue weighted by Gasteiger charge is -2.31. The number of aliphatic hydroxyl groups is 1. The molecule has 1 unspecified atom stereocenters. The number of rotatable bonds is 4. The summed E-state index contributed by atoms with van der Waals surface area (Å²) in [6, 6.07) is 5.34. The lowest BCUT2D eigenvalue weighted by Crippen LogP contribution is -2.39. The van der Waals surface area contributed by atoms with E-state index in [1.54, 1.807) is 24.3 Å². The summed E-state index contributed by atoms with van der Waals surface area (Å²) in [7, 11) is 0. The molecule has 1 aliphatic rings. The first-order valence-electron chi connectivity index (χ1n) is 7.13. The molecule has 2 rings (SSSR count). The Labute approximate surface area is 135 Å². The number of likely N-dealkylation sites (tertiary alicyclic amines) is 1. The van der Waals surface area contributed by atoms with E-state index in [0.29, 0.717) is 22.5 Å². The maximum absolute atomic E-state index is 12.2. The number of piperidine rings is 1. The first kappa shape index (κ1) is 16.3. The molecule has 21 heavy (non-hydrogen) atoms. The van der Waals surface area contributed by atoms with Gasteiger partial charge in [0.2, 0.25) is 5.91 Å². The Morgan fingerprint density at radius 2 is 2.24 bits per heavy atom. The van der Waals surface area contributed by atoms with E-state index < -0.39 is 0 Å². The smallest absolute Gasteiger partial charge is 0.246 e. The number of carbonyl (C=O) groups excluding carboxylic acids is 1. The van der Waals surface area contributed by atoms with E-state index in [9.17, 15) is 4.79 Å². The molecule has 1 aliphatic heterocycles. The summed E-state index contributed by atoms with van der Waals surface area (Å²) in [5.41, 5.74) is 0.737. The predicted molar refractivity (Wildman–Crippen MR) is 86.5 cm³/mol. The van der Waals surface area contributed by atoms with Crippen LogP contribution < -0.4 is 0 Å². The van der Waals surface area contributed by atoms with Gasteiger partial charge in [0, 0.05) is 25.8 Å².